The summed E-state index contributed by atoms with van der Waals surface area (Å²) in [5.41, 5.74) is 9.13. The Morgan fingerprint density at radius 2 is 1.56 bits per heavy atom. The van der Waals surface area contributed by atoms with Crippen LogP contribution in [0.5, 0.6) is 0 Å². The second-order valence-corrected chi connectivity index (χ2v) is 5.49. The molecule has 0 bridgehead atoms. The summed E-state index contributed by atoms with van der Waals surface area (Å²) in [4.78, 5) is 0. The van der Waals surface area contributed by atoms with Gasteiger partial charge in [0.1, 0.15) is 0 Å². The fraction of sp³-hybridized carbons (Fsp3) is 0.250. The molecule has 2 aromatic carbocycles. The Balaban J connectivity index is 1.93. The standard InChI is InChI=1S/C16H16ClN/c17-14-8-6-12(7-9-14)15(18)16(10-11-16)13-4-2-1-3-5-13/h1-9,15H,10-11,18H2. The van der Waals surface area contributed by atoms with Gasteiger partial charge >= 0.3 is 0 Å². The van der Waals surface area contributed by atoms with E-state index in [1.165, 1.54) is 24.0 Å². The maximum atomic E-state index is 6.47. The Morgan fingerprint density at radius 1 is 0.944 bits per heavy atom. The van der Waals surface area contributed by atoms with Crippen LogP contribution in [-0.2, 0) is 5.41 Å². The zero-order valence-electron chi connectivity index (χ0n) is 10.1. The van der Waals surface area contributed by atoms with E-state index >= 15 is 0 Å². The van der Waals surface area contributed by atoms with E-state index in [4.69, 9.17) is 17.3 Å². The van der Waals surface area contributed by atoms with Crippen LogP contribution in [0.3, 0.4) is 0 Å². The molecule has 2 heteroatoms. The summed E-state index contributed by atoms with van der Waals surface area (Å²) < 4.78 is 0. The van der Waals surface area contributed by atoms with Gasteiger partial charge in [0.2, 0.25) is 0 Å². The lowest BCUT2D eigenvalue weighted by Gasteiger charge is -2.24. The normalized spacial score (nSPS) is 18.3. The molecule has 1 fully saturated rings. The molecule has 0 spiro atoms. The molecule has 0 saturated heterocycles. The number of benzene rings is 2. The lowest BCUT2D eigenvalue weighted by molar-refractivity contribution is 0.541. The molecule has 1 aliphatic rings. The highest BCUT2D eigenvalue weighted by molar-refractivity contribution is 6.30. The number of hydrogen-bond acceptors (Lipinski definition) is 1. The predicted octanol–water partition coefficient (Wildman–Crippen LogP) is 4.07. The Kier molecular flexibility index (Phi) is 2.89. The molecule has 3 rings (SSSR count). The molecule has 1 atom stereocenters. The van der Waals surface area contributed by atoms with E-state index in [0.29, 0.717) is 0 Å². The zero-order chi connectivity index (χ0) is 12.6. The molecule has 2 aromatic rings. The summed E-state index contributed by atoms with van der Waals surface area (Å²) in [6.07, 6.45) is 2.33. The van der Waals surface area contributed by atoms with Crippen LogP contribution in [0.4, 0.5) is 0 Å². The lowest BCUT2D eigenvalue weighted by Crippen LogP contribution is -2.26. The molecular formula is C16H16ClN. The Bertz CT molecular complexity index is 529. The first-order valence-electron chi connectivity index (χ1n) is 6.29. The molecule has 0 radical (unpaired) electrons. The highest BCUT2D eigenvalue weighted by Crippen LogP contribution is 2.55. The summed E-state index contributed by atoms with van der Waals surface area (Å²) in [7, 11) is 0. The third-order valence-electron chi connectivity index (χ3n) is 3.96. The summed E-state index contributed by atoms with van der Waals surface area (Å²) in [5.74, 6) is 0. The van der Waals surface area contributed by atoms with Crippen molar-refractivity contribution in [3.63, 3.8) is 0 Å². The smallest absolute Gasteiger partial charge is 0.0406 e. The SMILES string of the molecule is NC(c1ccc(Cl)cc1)C1(c2ccccc2)CC1. The minimum atomic E-state index is 0.0529. The number of halogens is 1. The molecule has 18 heavy (non-hydrogen) atoms. The molecule has 1 aliphatic carbocycles. The van der Waals surface area contributed by atoms with Gasteiger partial charge in [0.05, 0.1) is 0 Å². The van der Waals surface area contributed by atoms with Gasteiger partial charge in [-0.15, -0.1) is 0 Å². The van der Waals surface area contributed by atoms with Crippen molar-refractivity contribution in [3.8, 4) is 0 Å². The van der Waals surface area contributed by atoms with Crippen LogP contribution in [0, 0.1) is 0 Å². The maximum Gasteiger partial charge on any atom is 0.0406 e. The number of hydrogen-bond donors (Lipinski definition) is 1. The van der Waals surface area contributed by atoms with Crippen molar-refractivity contribution in [2.75, 3.05) is 0 Å². The predicted molar refractivity (Wildman–Crippen MR) is 75.7 cm³/mol. The highest BCUT2D eigenvalue weighted by atomic mass is 35.5. The number of rotatable bonds is 3. The minimum absolute atomic E-state index is 0.0529. The van der Waals surface area contributed by atoms with Crippen LogP contribution in [0.15, 0.2) is 54.6 Å². The average Bonchev–Trinajstić information content (AvgIpc) is 3.21. The number of nitrogens with two attached hydrogens (primary N) is 1. The lowest BCUT2D eigenvalue weighted by atomic mass is 9.84. The second-order valence-electron chi connectivity index (χ2n) is 5.05. The summed E-state index contributed by atoms with van der Waals surface area (Å²) in [6, 6.07) is 18.5. The summed E-state index contributed by atoms with van der Waals surface area (Å²) in [6.45, 7) is 0. The van der Waals surface area contributed by atoms with Crippen molar-refractivity contribution in [1.29, 1.82) is 0 Å². The molecule has 1 nitrogen and oxygen atoms in total. The van der Waals surface area contributed by atoms with Gasteiger partial charge in [-0.3, -0.25) is 0 Å². The first kappa shape index (κ1) is 11.8. The molecule has 1 unspecified atom stereocenters. The first-order chi connectivity index (χ1) is 8.72. The van der Waals surface area contributed by atoms with Crippen LogP contribution < -0.4 is 5.73 Å². The van der Waals surface area contributed by atoms with Crippen LogP contribution in [0.25, 0.3) is 0 Å². The van der Waals surface area contributed by atoms with Crippen molar-refractivity contribution in [3.05, 3.63) is 70.7 Å². The van der Waals surface area contributed by atoms with Gasteiger partial charge in [-0.05, 0) is 36.1 Å². The van der Waals surface area contributed by atoms with E-state index in [2.05, 4.69) is 24.3 Å². The second kappa shape index (κ2) is 4.42. The van der Waals surface area contributed by atoms with Crippen molar-refractivity contribution in [2.24, 2.45) is 5.73 Å². The average molecular weight is 258 g/mol. The minimum Gasteiger partial charge on any atom is -0.323 e. The molecule has 0 aromatic heterocycles. The quantitative estimate of drug-likeness (QED) is 0.881. The monoisotopic (exact) mass is 257 g/mol. The molecular weight excluding hydrogens is 242 g/mol. The Hall–Kier alpha value is -1.31. The third kappa shape index (κ3) is 1.94. The molecule has 2 N–H and O–H groups in total. The van der Waals surface area contributed by atoms with Crippen molar-refractivity contribution in [1.82, 2.24) is 0 Å². The van der Waals surface area contributed by atoms with Gasteiger partial charge in [0.15, 0.2) is 0 Å². The van der Waals surface area contributed by atoms with Crippen LogP contribution in [-0.4, -0.2) is 0 Å². The van der Waals surface area contributed by atoms with Gasteiger partial charge in [0, 0.05) is 16.5 Å². The zero-order valence-corrected chi connectivity index (χ0v) is 10.9. The highest BCUT2D eigenvalue weighted by Gasteiger charge is 2.49. The van der Waals surface area contributed by atoms with Gasteiger partial charge in [0.25, 0.3) is 0 Å². The van der Waals surface area contributed by atoms with E-state index in [1.807, 2.05) is 30.3 Å². The van der Waals surface area contributed by atoms with Crippen LogP contribution >= 0.6 is 11.6 Å². The van der Waals surface area contributed by atoms with Crippen molar-refractivity contribution < 1.29 is 0 Å². The first-order valence-corrected chi connectivity index (χ1v) is 6.67. The summed E-state index contributed by atoms with van der Waals surface area (Å²) in [5, 5.41) is 0.760. The fourth-order valence-corrected chi connectivity index (χ4v) is 2.80. The van der Waals surface area contributed by atoms with Gasteiger partial charge in [-0.1, -0.05) is 54.1 Å². The Labute approximate surface area is 113 Å². The molecule has 92 valence electrons. The molecule has 0 aliphatic heterocycles. The van der Waals surface area contributed by atoms with Crippen LogP contribution in [0.1, 0.15) is 30.0 Å². The van der Waals surface area contributed by atoms with Crippen molar-refractivity contribution >= 4 is 11.6 Å². The van der Waals surface area contributed by atoms with Gasteiger partial charge in [-0.25, -0.2) is 0 Å². The maximum absolute atomic E-state index is 6.47. The van der Waals surface area contributed by atoms with Gasteiger partial charge in [-0.2, -0.15) is 0 Å². The van der Waals surface area contributed by atoms with Gasteiger partial charge < -0.3 is 5.73 Å². The fourth-order valence-electron chi connectivity index (χ4n) is 2.67. The van der Waals surface area contributed by atoms with Crippen molar-refractivity contribution in [2.45, 2.75) is 24.3 Å². The van der Waals surface area contributed by atoms with E-state index in [0.717, 1.165) is 5.02 Å². The molecule has 0 heterocycles. The molecule has 1 saturated carbocycles. The van der Waals surface area contributed by atoms with E-state index in [-0.39, 0.29) is 11.5 Å². The largest absolute Gasteiger partial charge is 0.323 e. The summed E-state index contributed by atoms with van der Waals surface area (Å²) >= 11 is 5.92. The van der Waals surface area contributed by atoms with Crippen LogP contribution in [0.2, 0.25) is 5.02 Å². The molecule has 0 amide bonds. The van der Waals surface area contributed by atoms with E-state index < -0.39 is 0 Å². The van der Waals surface area contributed by atoms with E-state index in [9.17, 15) is 0 Å². The third-order valence-corrected chi connectivity index (χ3v) is 4.21. The van der Waals surface area contributed by atoms with E-state index in [1.54, 1.807) is 0 Å². The Morgan fingerprint density at radius 3 is 2.11 bits per heavy atom. The topological polar surface area (TPSA) is 26.0 Å².